The molecule has 0 bridgehead atoms. The van der Waals surface area contributed by atoms with Crippen LogP contribution < -0.4 is 16.8 Å². The third-order valence-electron chi connectivity index (χ3n) is 3.60. The van der Waals surface area contributed by atoms with Crippen LogP contribution in [-0.4, -0.2) is 9.97 Å². The van der Waals surface area contributed by atoms with Crippen molar-refractivity contribution in [2.45, 2.75) is 12.6 Å². The lowest BCUT2D eigenvalue weighted by atomic mass is 10.1. The lowest BCUT2D eigenvalue weighted by molar-refractivity contribution is 0.605. The molecule has 1 atom stereocenters. The molecule has 0 amide bonds. The highest BCUT2D eigenvalue weighted by Crippen LogP contribution is 2.20. The molecule has 0 aliphatic carbocycles. The Bertz CT molecular complexity index is 863. The molecule has 1 unspecified atom stereocenters. The maximum atomic E-state index is 13.8. The van der Waals surface area contributed by atoms with Gasteiger partial charge in [-0.1, -0.05) is 18.2 Å². The van der Waals surface area contributed by atoms with Crippen molar-refractivity contribution in [2.24, 2.45) is 5.73 Å². The number of nitrogens with two attached hydrogens (primary N) is 2. The minimum atomic E-state index is -0.536. The van der Waals surface area contributed by atoms with E-state index in [0.29, 0.717) is 23.8 Å². The van der Waals surface area contributed by atoms with Crippen LogP contribution in [0, 0.1) is 5.82 Å². The van der Waals surface area contributed by atoms with Gasteiger partial charge in [0.15, 0.2) is 5.82 Å². The lowest BCUT2D eigenvalue weighted by Crippen LogP contribution is -2.17. The average Bonchev–Trinajstić information content (AvgIpc) is 3.14. The van der Waals surface area contributed by atoms with Crippen molar-refractivity contribution in [1.29, 1.82) is 0 Å². The van der Waals surface area contributed by atoms with Crippen molar-refractivity contribution < 1.29 is 4.39 Å². The largest absolute Gasteiger partial charge is 0.384 e. The van der Waals surface area contributed by atoms with Crippen molar-refractivity contribution in [3.05, 3.63) is 82.2 Å². The van der Waals surface area contributed by atoms with Gasteiger partial charge in [-0.2, -0.15) is 11.3 Å². The molecule has 5 N–H and O–H groups in total. The molecule has 7 heteroatoms. The molecular weight excluding hydrogens is 337 g/mol. The molecule has 25 heavy (non-hydrogen) atoms. The van der Waals surface area contributed by atoms with Gasteiger partial charge in [0, 0.05) is 29.6 Å². The quantitative estimate of drug-likeness (QED) is 0.632. The Morgan fingerprint density at radius 3 is 2.84 bits per heavy atom. The van der Waals surface area contributed by atoms with Crippen LogP contribution in [0.15, 0.2) is 59.4 Å². The van der Waals surface area contributed by atoms with E-state index in [4.69, 9.17) is 11.5 Å². The second-order valence-corrected chi connectivity index (χ2v) is 6.18. The monoisotopic (exact) mass is 355 g/mol. The molecule has 3 rings (SSSR count). The number of hydrogen-bond donors (Lipinski definition) is 3. The maximum absolute atomic E-state index is 13.8. The summed E-state index contributed by atoms with van der Waals surface area (Å²) in [6.07, 6.45) is 3.39. The van der Waals surface area contributed by atoms with Crippen LogP contribution in [-0.2, 0) is 6.54 Å². The van der Waals surface area contributed by atoms with Crippen molar-refractivity contribution in [3.8, 4) is 0 Å². The predicted octanol–water partition coefficient (Wildman–Crippen LogP) is 3.09. The average molecular weight is 355 g/mol. The zero-order valence-electron chi connectivity index (χ0n) is 13.4. The summed E-state index contributed by atoms with van der Waals surface area (Å²) >= 11 is 1.57. The summed E-state index contributed by atoms with van der Waals surface area (Å²) in [7, 11) is 0. The van der Waals surface area contributed by atoms with E-state index in [9.17, 15) is 4.39 Å². The van der Waals surface area contributed by atoms with E-state index in [-0.39, 0.29) is 5.82 Å². The van der Waals surface area contributed by atoms with E-state index < -0.39 is 6.04 Å². The summed E-state index contributed by atoms with van der Waals surface area (Å²) in [4.78, 5) is 8.31. The second-order valence-electron chi connectivity index (χ2n) is 5.40. The van der Waals surface area contributed by atoms with Gasteiger partial charge in [-0.25, -0.2) is 14.4 Å². The molecule has 0 spiro atoms. The highest BCUT2D eigenvalue weighted by Gasteiger charge is 2.11. The summed E-state index contributed by atoms with van der Waals surface area (Å²) in [5.41, 5.74) is 14.2. The van der Waals surface area contributed by atoms with E-state index >= 15 is 0 Å². The molecule has 3 aromatic rings. The van der Waals surface area contributed by atoms with Gasteiger partial charge in [0.2, 0.25) is 0 Å². The first-order valence-electron chi connectivity index (χ1n) is 7.69. The topological polar surface area (TPSA) is 89.8 Å². The minimum Gasteiger partial charge on any atom is -0.384 e. The molecule has 2 heterocycles. The summed E-state index contributed by atoms with van der Waals surface area (Å²) in [5.74, 6) is 0.550. The van der Waals surface area contributed by atoms with E-state index in [1.807, 2.05) is 22.9 Å². The Hall–Kier alpha value is -2.77. The Morgan fingerprint density at radius 1 is 1.28 bits per heavy atom. The van der Waals surface area contributed by atoms with Crippen molar-refractivity contribution >= 4 is 22.9 Å². The standard InChI is InChI=1S/C18H18FN5S/c19-14-4-2-1-3-12(14)10-23-16(13-6-8-25-11-13)9-15(20)18-22-7-5-17(21)24-18/h1-9,11,15,23H,10,20H2,(H2,21,22,24)/b16-9-. The van der Waals surface area contributed by atoms with E-state index in [1.54, 1.807) is 41.8 Å². The Kier molecular flexibility index (Phi) is 5.37. The van der Waals surface area contributed by atoms with Crippen molar-refractivity contribution in [3.63, 3.8) is 0 Å². The molecule has 0 aliphatic heterocycles. The number of nitrogens with zero attached hydrogens (tertiary/aromatic N) is 2. The van der Waals surface area contributed by atoms with Crippen LogP contribution in [0.5, 0.6) is 0 Å². The zero-order chi connectivity index (χ0) is 17.6. The number of rotatable bonds is 6. The van der Waals surface area contributed by atoms with Gasteiger partial charge >= 0.3 is 0 Å². The van der Waals surface area contributed by atoms with Crippen LogP contribution in [0.2, 0.25) is 0 Å². The van der Waals surface area contributed by atoms with Gasteiger partial charge in [-0.15, -0.1) is 0 Å². The lowest BCUT2D eigenvalue weighted by Gasteiger charge is -2.13. The first-order chi connectivity index (χ1) is 12.1. The van der Waals surface area contributed by atoms with Crippen LogP contribution in [0.3, 0.4) is 0 Å². The summed E-state index contributed by atoms with van der Waals surface area (Å²) in [6.45, 7) is 0.346. The maximum Gasteiger partial charge on any atom is 0.151 e. The van der Waals surface area contributed by atoms with Crippen LogP contribution in [0.1, 0.15) is 23.0 Å². The highest BCUT2D eigenvalue weighted by atomic mass is 32.1. The number of aromatic nitrogens is 2. The Morgan fingerprint density at radius 2 is 2.12 bits per heavy atom. The molecule has 0 aliphatic rings. The third-order valence-corrected chi connectivity index (χ3v) is 4.28. The fourth-order valence-electron chi connectivity index (χ4n) is 2.31. The number of nitrogen functional groups attached to an aromatic ring is 1. The first kappa shape index (κ1) is 17.1. The van der Waals surface area contributed by atoms with Gasteiger partial charge in [0.25, 0.3) is 0 Å². The van der Waals surface area contributed by atoms with Gasteiger partial charge < -0.3 is 16.8 Å². The van der Waals surface area contributed by atoms with Crippen LogP contribution >= 0.6 is 11.3 Å². The van der Waals surface area contributed by atoms with Crippen molar-refractivity contribution in [1.82, 2.24) is 15.3 Å². The van der Waals surface area contributed by atoms with Crippen molar-refractivity contribution in [2.75, 3.05) is 5.73 Å². The molecule has 128 valence electrons. The molecule has 0 saturated heterocycles. The van der Waals surface area contributed by atoms with Gasteiger partial charge in [-0.3, -0.25) is 0 Å². The smallest absolute Gasteiger partial charge is 0.151 e. The molecule has 5 nitrogen and oxygen atoms in total. The number of benzene rings is 1. The summed E-state index contributed by atoms with van der Waals surface area (Å²) in [6, 6.07) is 9.70. The normalized spacial score (nSPS) is 12.8. The zero-order valence-corrected chi connectivity index (χ0v) is 14.2. The molecule has 0 fully saturated rings. The molecule has 1 aromatic carbocycles. The van der Waals surface area contributed by atoms with E-state index in [0.717, 1.165) is 11.3 Å². The predicted molar refractivity (Wildman–Crippen MR) is 98.9 cm³/mol. The highest BCUT2D eigenvalue weighted by molar-refractivity contribution is 7.08. The fourth-order valence-corrected chi connectivity index (χ4v) is 2.97. The number of nitrogens with one attached hydrogen (secondary N) is 1. The van der Waals surface area contributed by atoms with E-state index in [1.165, 1.54) is 6.07 Å². The van der Waals surface area contributed by atoms with E-state index in [2.05, 4.69) is 15.3 Å². The minimum absolute atomic E-state index is 0.247. The number of hydrogen-bond acceptors (Lipinski definition) is 6. The number of halogens is 1. The number of thiophene rings is 1. The molecule has 2 aromatic heterocycles. The molecule has 0 saturated carbocycles. The summed E-state index contributed by atoms with van der Waals surface area (Å²) in [5, 5.41) is 7.22. The SMILES string of the molecule is Nc1ccnc(C(N)/C=C(\NCc2ccccc2F)c2ccsc2)n1. The Labute approximate surface area is 149 Å². The fraction of sp³-hybridized carbons (Fsp3) is 0.111. The molecular formula is C18H18FN5S. The van der Waals surface area contributed by atoms with Gasteiger partial charge in [-0.05, 0) is 35.0 Å². The van der Waals surface area contributed by atoms with Gasteiger partial charge in [0.05, 0.1) is 6.04 Å². The van der Waals surface area contributed by atoms with Crippen LogP contribution in [0.4, 0.5) is 10.2 Å². The van der Waals surface area contributed by atoms with Crippen LogP contribution in [0.25, 0.3) is 5.70 Å². The number of anilines is 1. The first-order valence-corrected chi connectivity index (χ1v) is 8.63. The Balaban J connectivity index is 1.84. The summed E-state index contributed by atoms with van der Waals surface area (Å²) < 4.78 is 13.8. The second kappa shape index (κ2) is 7.87. The van der Waals surface area contributed by atoms with Gasteiger partial charge in [0.1, 0.15) is 11.6 Å². The molecule has 0 radical (unpaired) electrons. The third kappa shape index (κ3) is 4.40.